The lowest BCUT2D eigenvalue weighted by Crippen LogP contribution is -2.08. The largest absolute Gasteiger partial charge is 0.491 e. The first kappa shape index (κ1) is 12.1. The summed E-state index contributed by atoms with van der Waals surface area (Å²) in [6, 6.07) is 6.09. The van der Waals surface area contributed by atoms with Crippen molar-refractivity contribution >= 4 is 0 Å². The zero-order valence-electron chi connectivity index (χ0n) is 9.79. The molecule has 1 aromatic rings. The summed E-state index contributed by atoms with van der Waals surface area (Å²) in [5.74, 6) is 0.957. The molecule has 0 saturated heterocycles. The standard InChI is InChI=1S/C13H20O2/c1-10(2)15-13-8-4-6-11(3)12(13)7-5-9-14/h4,6,8,10,14H,5,7,9H2,1-3H3. The number of aliphatic hydroxyl groups excluding tert-OH is 1. The highest BCUT2D eigenvalue weighted by Gasteiger charge is 2.07. The molecule has 2 nitrogen and oxygen atoms in total. The highest BCUT2D eigenvalue weighted by molar-refractivity contribution is 5.39. The average molecular weight is 208 g/mol. The van der Waals surface area contributed by atoms with Crippen LogP contribution in [0.5, 0.6) is 5.75 Å². The fourth-order valence-corrected chi connectivity index (χ4v) is 1.62. The summed E-state index contributed by atoms with van der Waals surface area (Å²) in [4.78, 5) is 0. The van der Waals surface area contributed by atoms with Crippen molar-refractivity contribution in [2.45, 2.75) is 39.7 Å². The minimum Gasteiger partial charge on any atom is -0.491 e. The van der Waals surface area contributed by atoms with E-state index in [-0.39, 0.29) is 12.7 Å². The van der Waals surface area contributed by atoms with Crippen LogP contribution < -0.4 is 4.74 Å². The topological polar surface area (TPSA) is 29.5 Å². The van der Waals surface area contributed by atoms with Gasteiger partial charge in [0.15, 0.2) is 0 Å². The monoisotopic (exact) mass is 208 g/mol. The molecule has 1 rings (SSSR count). The molecule has 0 unspecified atom stereocenters. The molecule has 0 aliphatic carbocycles. The molecule has 0 aromatic heterocycles. The summed E-state index contributed by atoms with van der Waals surface area (Å²) in [6.45, 7) is 6.37. The molecule has 2 heteroatoms. The Bertz CT molecular complexity index is 305. The molecule has 0 atom stereocenters. The molecule has 0 aliphatic rings. The summed E-state index contributed by atoms with van der Waals surface area (Å²) in [5, 5.41) is 8.85. The van der Waals surface area contributed by atoms with Gasteiger partial charge in [0.05, 0.1) is 6.10 Å². The smallest absolute Gasteiger partial charge is 0.123 e. The highest BCUT2D eigenvalue weighted by Crippen LogP contribution is 2.24. The number of hydrogen-bond acceptors (Lipinski definition) is 2. The molecule has 0 fully saturated rings. The number of benzene rings is 1. The zero-order valence-corrected chi connectivity index (χ0v) is 9.79. The number of aryl methyl sites for hydroxylation is 1. The first-order chi connectivity index (χ1) is 7.15. The predicted octanol–water partition coefficient (Wildman–Crippen LogP) is 2.71. The van der Waals surface area contributed by atoms with Crippen LogP contribution in [0.3, 0.4) is 0 Å². The van der Waals surface area contributed by atoms with Crippen LogP contribution in [0.15, 0.2) is 18.2 Å². The van der Waals surface area contributed by atoms with Gasteiger partial charge in [-0.05, 0) is 50.8 Å². The molecule has 0 saturated carbocycles. The Morgan fingerprint density at radius 3 is 2.67 bits per heavy atom. The van der Waals surface area contributed by atoms with Gasteiger partial charge in [-0.15, -0.1) is 0 Å². The molecule has 0 heterocycles. The highest BCUT2D eigenvalue weighted by atomic mass is 16.5. The number of rotatable bonds is 5. The Kier molecular flexibility index (Phi) is 4.63. The summed E-state index contributed by atoms with van der Waals surface area (Å²) in [7, 11) is 0. The Labute approximate surface area is 91.9 Å². The van der Waals surface area contributed by atoms with Crippen LogP contribution in [0.4, 0.5) is 0 Å². The Morgan fingerprint density at radius 1 is 1.33 bits per heavy atom. The minimum atomic E-state index is 0.194. The van der Waals surface area contributed by atoms with Crippen molar-refractivity contribution in [3.63, 3.8) is 0 Å². The van der Waals surface area contributed by atoms with Crippen molar-refractivity contribution in [2.24, 2.45) is 0 Å². The number of aliphatic hydroxyl groups is 1. The minimum absolute atomic E-state index is 0.194. The third kappa shape index (κ3) is 3.56. The Hall–Kier alpha value is -1.02. The number of ether oxygens (including phenoxy) is 1. The van der Waals surface area contributed by atoms with Gasteiger partial charge in [-0.2, -0.15) is 0 Å². The van der Waals surface area contributed by atoms with Crippen molar-refractivity contribution in [3.8, 4) is 5.75 Å². The van der Waals surface area contributed by atoms with Crippen molar-refractivity contribution in [3.05, 3.63) is 29.3 Å². The second kappa shape index (κ2) is 5.76. The van der Waals surface area contributed by atoms with Gasteiger partial charge in [0, 0.05) is 6.61 Å². The number of hydrogen-bond donors (Lipinski definition) is 1. The van der Waals surface area contributed by atoms with Gasteiger partial charge in [-0.1, -0.05) is 12.1 Å². The lowest BCUT2D eigenvalue weighted by molar-refractivity contribution is 0.238. The van der Waals surface area contributed by atoms with E-state index in [1.54, 1.807) is 0 Å². The van der Waals surface area contributed by atoms with Gasteiger partial charge in [-0.25, -0.2) is 0 Å². The maximum absolute atomic E-state index is 8.85. The van der Waals surface area contributed by atoms with E-state index >= 15 is 0 Å². The molecule has 0 spiro atoms. The van der Waals surface area contributed by atoms with E-state index in [1.165, 1.54) is 11.1 Å². The first-order valence-corrected chi connectivity index (χ1v) is 5.51. The molecule has 1 N–H and O–H groups in total. The van der Waals surface area contributed by atoms with E-state index in [0.717, 1.165) is 18.6 Å². The van der Waals surface area contributed by atoms with Crippen molar-refractivity contribution in [1.82, 2.24) is 0 Å². The lowest BCUT2D eigenvalue weighted by Gasteiger charge is -2.15. The Morgan fingerprint density at radius 2 is 2.07 bits per heavy atom. The van der Waals surface area contributed by atoms with Crippen LogP contribution in [-0.2, 0) is 6.42 Å². The molecule has 15 heavy (non-hydrogen) atoms. The van der Waals surface area contributed by atoms with Crippen LogP contribution in [0, 0.1) is 6.92 Å². The second-order valence-corrected chi connectivity index (χ2v) is 4.05. The van der Waals surface area contributed by atoms with Crippen LogP contribution in [-0.4, -0.2) is 17.8 Å². The van der Waals surface area contributed by atoms with E-state index < -0.39 is 0 Å². The fourth-order valence-electron chi connectivity index (χ4n) is 1.62. The third-order valence-corrected chi connectivity index (χ3v) is 2.31. The maximum atomic E-state index is 8.85. The van der Waals surface area contributed by atoms with Crippen molar-refractivity contribution in [2.75, 3.05) is 6.61 Å². The van der Waals surface area contributed by atoms with E-state index in [4.69, 9.17) is 9.84 Å². The zero-order chi connectivity index (χ0) is 11.3. The van der Waals surface area contributed by atoms with Crippen LogP contribution in [0.1, 0.15) is 31.4 Å². The Balaban J connectivity index is 2.87. The lowest BCUT2D eigenvalue weighted by atomic mass is 10.0. The SMILES string of the molecule is Cc1cccc(OC(C)C)c1CCCO. The van der Waals surface area contributed by atoms with E-state index in [2.05, 4.69) is 13.0 Å². The summed E-state index contributed by atoms with van der Waals surface area (Å²) >= 11 is 0. The van der Waals surface area contributed by atoms with Crippen molar-refractivity contribution < 1.29 is 9.84 Å². The van der Waals surface area contributed by atoms with Gasteiger partial charge in [0.1, 0.15) is 5.75 Å². The van der Waals surface area contributed by atoms with E-state index in [9.17, 15) is 0 Å². The molecule has 0 aliphatic heterocycles. The first-order valence-electron chi connectivity index (χ1n) is 5.51. The van der Waals surface area contributed by atoms with Crippen LogP contribution in [0.2, 0.25) is 0 Å². The predicted molar refractivity (Wildman–Crippen MR) is 62.3 cm³/mol. The van der Waals surface area contributed by atoms with Gasteiger partial charge >= 0.3 is 0 Å². The molecular weight excluding hydrogens is 188 g/mol. The maximum Gasteiger partial charge on any atom is 0.123 e. The quantitative estimate of drug-likeness (QED) is 0.806. The normalized spacial score (nSPS) is 10.7. The fraction of sp³-hybridized carbons (Fsp3) is 0.538. The van der Waals surface area contributed by atoms with Gasteiger partial charge in [-0.3, -0.25) is 0 Å². The average Bonchev–Trinajstić information content (AvgIpc) is 2.16. The summed E-state index contributed by atoms with van der Waals surface area (Å²) in [6.07, 6.45) is 1.87. The van der Waals surface area contributed by atoms with E-state index in [1.807, 2.05) is 26.0 Å². The second-order valence-electron chi connectivity index (χ2n) is 4.05. The van der Waals surface area contributed by atoms with Gasteiger partial charge < -0.3 is 9.84 Å². The molecule has 0 bridgehead atoms. The molecule has 0 radical (unpaired) electrons. The molecule has 0 amide bonds. The van der Waals surface area contributed by atoms with Gasteiger partial charge in [0.25, 0.3) is 0 Å². The van der Waals surface area contributed by atoms with Gasteiger partial charge in [0.2, 0.25) is 0 Å². The molecular formula is C13H20O2. The molecule has 84 valence electrons. The van der Waals surface area contributed by atoms with Crippen molar-refractivity contribution in [1.29, 1.82) is 0 Å². The van der Waals surface area contributed by atoms with Crippen LogP contribution >= 0.6 is 0 Å². The summed E-state index contributed by atoms with van der Waals surface area (Å²) in [5.41, 5.74) is 2.46. The van der Waals surface area contributed by atoms with Crippen LogP contribution in [0.25, 0.3) is 0 Å². The molecule has 1 aromatic carbocycles. The van der Waals surface area contributed by atoms with E-state index in [0.29, 0.717) is 0 Å². The third-order valence-electron chi connectivity index (χ3n) is 2.31. The summed E-state index contributed by atoms with van der Waals surface area (Å²) < 4.78 is 5.74.